The fourth-order valence-electron chi connectivity index (χ4n) is 5.36. The number of hydrogen-bond donors (Lipinski definition) is 2. The largest absolute Gasteiger partial charge is 0.391 e. The molecule has 1 saturated heterocycles. The van der Waals surface area contributed by atoms with Crippen molar-refractivity contribution in [2.75, 3.05) is 6.54 Å². The number of rotatable bonds is 8. The average Bonchev–Trinajstić information content (AvgIpc) is 3.68. The Hall–Kier alpha value is -3.82. The van der Waals surface area contributed by atoms with Gasteiger partial charge in [-0.15, -0.1) is 11.3 Å². The molecule has 2 aromatic heterocycles. The predicted octanol–water partition coefficient (Wildman–Crippen LogP) is 4.77. The van der Waals surface area contributed by atoms with Crippen LogP contribution in [0.1, 0.15) is 43.1 Å². The molecule has 0 bridgehead atoms. The lowest BCUT2D eigenvalue weighted by atomic mass is 10.0. The van der Waals surface area contributed by atoms with E-state index in [2.05, 4.69) is 21.5 Å². The first-order chi connectivity index (χ1) is 19.2. The predicted molar refractivity (Wildman–Crippen MR) is 157 cm³/mol. The summed E-state index contributed by atoms with van der Waals surface area (Å²) in [5.74, 6) is -0.546. The van der Waals surface area contributed by atoms with Crippen LogP contribution in [0.25, 0.3) is 21.6 Å². The fraction of sp³-hybridized carbons (Fsp3) is 0.355. The number of aliphatic hydroxyl groups excluding tert-OH is 1. The van der Waals surface area contributed by atoms with Gasteiger partial charge in [-0.05, 0) is 42.0 Å². The zero-order valence-electron chi connectivity index (χ0n) is 23.2. The molecule has 0 unspecified atom stereocenters. The van der Waals surface area contributed by atoms with Gasteiger partial charge in [0.25, 0.3) is 0 Å². The highest BCUT2D eigenvalue weighted by Crippen LogP contribution is 2.30. The van der Waals surface area contributed by atoms with Gasteiger partial charge in [0.1, 0.15) is 12.1 Å². The minimum atomic E-state index is -0.756. The molecule has 0 saturated carbocycles. The van der Waals surface area contributed by atoms with Crippen LogP contribution in [-0.4, -0.2) is 55.3 Å². The van der Waals surface area contributed by atoms with Crippen LogP contribution in [0.15, 0.2) is 66.4 Å². The lowest BCUT2D eigenvalue weighted by Gasteiger charge is -2.30. The summed E-state index contributed by atoms with van der Waals surface area (Å²) >= 11 is 1.61. The van der Waals surface area contributed by atoms with E-state index in [-0.39, 0.29) is 30.7 Å². The Bertz CT molecular complexity index is 1500. The molecule has 9 heteroatoms. The lowest BCUT2D eigenvalue weighted by Crippen LogP contribution is -2.49. The Morgan fingerprint density at radius 3 is 2.55 bits per heavy atom. The number of carbonyl (C=O) groups excluding carboxylic acids is 2. The molecule has 3 atom stereocenters. The number of hydrogen-bond acceptors (Lipinski definition) is 6. The van der Waals surface area contributed by atoms with Gasteiger partial charge >= 0.3 is 0 Å². The molecule has 1 fully saturated rings. The third kappa shape index (κ3) is 5.71. The number of nitrogens with zero attached hydrogens (tertiary/aromatic N) is 4. The molecular weight excluding hydrogens is 522 g/mol. The van der Waals surface area contributed by atoms with Crippen LogP contribution < -0.4 is 5.32 Å². The first kappa shape index (κ1) is 27.7. The van der Waals surface area contributed by atoms with E-state index in [4.69, 9.17) is 0 Å². The summed E-state index contributed by atoms with van der Waals surface area (Å²) in [6.45, 7) is 8.42. The van der Waals surface area contributed by atoms with E-state index in [9.17, 15) is 14.7 Å². The van der Waals surface area contributed by atoms with Gasteiger partial charge in [0, 0.05) is 31.3 Å². The monoisotopic (exact) mass is 557 g/mol. The second-order valence-corrected chi connectivity index (χ2v) is 11.6. The number of aryl methyl sites for hydroxylation is 2. The second-order valence-electron chi connectivity index (χ2n) is 10.8. The summed E-state index contributed by atoms with van der Waals surface area (Å²) in [4.78, 5) is 34.2. The van der Waals surface area contributed by atoms with E-state index in [1.54, 1.807) is 22.2 Å². The topological polar surface area (TPSA) is 100 Å². The minimum absolute atomic E-state index is 0.0687. The van der Waals surface area contributed by atoms with E-state index in [1.165, 1.54) is 4.90 Å². The van der Waals surface area contributed by atoms with E-state index < -0.39 is 18.2 Å². The second kappa shape index (κ2) is 11.7. The van der Waals surface area contributed by atoms with Crippen molar-refractivity contribution < 1.29 is 14.7 Å². The number of benzene rings is 2. The van der Waals surface area contributed by atoms with Gasteiger partial charge in [-0.3, -0.25) is 14.3 Å². The number of aromatic nitrogens is 3. The zero-order chi connectivity index (χ0) is 28.4. The smallest absolute Gasteiger partial charge is 0.248 e. The first-order valence-electron chi connectivity index (χ1n) is 13.6. The Morgan fingerprint density at radius 1 is 1.10 bits per heavy atom. The molecule has 3 heterocycles. The van der Waals surface area contributed by atoms with Crippen molar-refractivity contribution in [2.24, 2.45) is 5.92 Å². The zero-order valence-corrected chi connectivity index (χ0v) is 24.1. The Morgan fingerprint density at radius 2 is 1.88 bits per heavy atom. The van der Waals surface area contributed by atoms with Crippen LogP contribution in [-0.2, 0) is 16.1 Å². The van der Waals surface area contributed by atoms with Crippen LogP contribution in [0.3, 0.4) is 0 Å². The van der Waals surface area contributed by atoms with Crippen molar-refractivity contribution in [3.63, 3.8) is 0 Å². The molecular formula is C31H35N5O3S. The van der Waals surface area contributed by atoms with Gasteiger partial charge in [0.15, 0.2) is 0 Å². The number of likely N-dealkylation sites (tertiary alicyclic amines) is 1. The summed E-state index contributed by atoms with van der Waals surface area (Å²) in [6.07, 6.45) is 3.08. The SMILES string of the molecule is Cc1cc(-c2scnc2C)ccc1CNC(=O)[C@@H]1C[C@@H](O)CN1C(=O)[C@H](C(C)C)n1cc(-c2ccccc2)cn1. The van der Waals surface area contributed by atoms with E-state index >= 15 is 0 Å². The quantitative estimate of drug-likeness (QED) is 0.325. The van der Waals surface area contributed by atoms with Crippen LogP contribution in [0.2, 0.25) is 0 Å². The van der Waals surface area contributed by atoms with Crippen LogP contribution in [0.5, 0.6) is 0 Å². The molecule has 0 spiro atoms. The molecule has 2 aromatic carbocycles. The van der Waals surface area contributed by atoms with Gasteiger partial charge in [-0.2, -0.15) is 5.10 Å². The molecule has 0 aliphatic carbocycles. The maximum atomic E-state index is 13.9. The van der Waals surface area contributed by atoms with Crippen molar-refractivity contribution in [1.82, 2.24) is 25.0 Å². The lowest BCUT2D eigenvalue weighted by molar-refractivity contribution is -0.142. The third-order valence-corrected chi connectivity index (χ3v) is 8.52. The highest BCUT2D eigenvalue weighted by atomic mass is 32.1. The number of thiazole rings is 1. The molecule has 1 aliphatic rings. The molecule has 2 amide bonds. The Labute approximate surface area is 238 Å². The van der Waals surface area contributed by atoms with Gasteiger partial charge in [0.2, 0.25) is 11.8 Å². The average molecular weight is 558 g/mol. The summed E-state index contributed by atoms with van der Waals surface area (Å²) in [7, 11) is 0. The molecule has 2 N–H and O–H groups in total. The summed E-state index contributed by atoms with van der Waals surface area (Å²) < 4.78 is 1.69. The van der Waals surface area contributed by atoms with Gasteiger partial charge < -0.3 is 15.3 Å². The first-order valence-corrected chi connectivity index (χ1v) is 14.5. The van der Waals surface area contributed by atoms with Crippen molar-refractivity contribution in [2.45, 2.75) is 58.8 Å². The molecule has 4 aromatic rings. The standard InChI is InChI=1S/C31H35N5O3S/c1-19(2)28(36-16-25(15-34-36)22-8-6-5-7-9-22)31(39)35-17-26(37)13-27(35)30(38)32-14-24-11-10-23(12-20(24)3)29-21(4)33-18-40-29/h5-12,15-16,18-19,26-28,37H,13-14,17H2,1-4H3,(H,32,38)/t26-,27+,28+/m1/s1. The van der Waals surface area contributed by atoms with Gasteiger partial charge in [0.05, 0.1) is 28.4 Å². The summed E-state index contributed by atoms with van der Waals surface area (Å²) in [5.41, 5.74) is 7.96. The molecule has 8 nitrogen and oxygen atoms in total. The van der Waals surface area contributed by atoms with Crippen molar-refractivity contribution in [1.29, 1.82) is 0 Å². The Kier molecular flexibility index (Phi) is 8.14. The maximum Gasteiger partial charge on any atom is 0.248 e. The number of β-amino-alcohol motifs (C(OH)–C–C–N with tert-alkyl or cyclic N) is 1. The highest BCUT2D eigenvalue weighted by Gasteiger charge is 2.42. The molecule has 208 valence electrons. The molecule has 40 heavy (non-hydrogen) atoms. The number of nitrogens with one attached hydrogen (secondary N) is 1. The van der Waals surface area contributed by atoms with Crippen molar-refractivity contribution >= 4 is 23.2 Å². The molecule has 0 radical (unpaired) electrons. The summed E-state index contributed by atoms with van der Waals surface area (Å²) in [5, 5.41) is 18.0. The molecule has 1 aliphatic heterocycles. The highest BCUT2D eigenvalue weighted by molar-refractivity contribution is 7.13. The molecule has 5 rings (SSSR count). The number of carbonyl (C=O) groups is 2. The fourth-order valence-corrected chi connectivity index (χ4v) is 6.17. The third-order valence-electron chi connectivity index (χ3n) is 7.55. The van der Waals surface area contributed by atoms with Crippen LogP contribution >= 0.6 is 11.3 Å². The van der Waals surface area contributed by atoms with Crippen molar-refractivity contribution in [3.05, 3.63) is 83.3 Å². The summed E-state index contributed by atoms with van der Waals surface area (Å²) in [6, 6.07) is 14.7. The van der Waals surface area contributed by atoms with E-state index in [1.807, 2.05) is 81.9 Å². The van der Waals surface area contributed by atoms with Gasteiger partial charge in [-0.25, -0.2) is 4.98 Å². The normalized spacial score (nSPS) is 17.8. The van der Waals surface area contributed by atoms with Gasteiger partial charge in [-0.1, -0.05) is 62.4 Å². The van der Waals surface area contributed by atoms with Crippen LogP contribution in [0, 0.1) is 19.8 Å². The maximum absolute atomic E-state index is 13.9. The number of aliphatic hydroxyl groups is 1. The van der Waals surface area contributed by atoms with E-state index in [0.29, 0.717) is 6.54 Å². The van der Waals surface area contributed by atoms with E-state index in [0.717, 1.165) is 38.4 Å². The van der Waals surface area contributed by atoms with Crippen LogP contribution in [0.4, 0.5) is 0 Å². The minimum Gasteiger partial charge on any atom is -0.391 e. The number of amides is 2. The van der Waals surface area contributed by atoms with Crippen molar-refractivity contribution in [3.8, 4) is 21.6 Å². The Balaban J connectivity index is 1.29.